The van der Waals surface area contributed by atoms with E-state index >= 15 is 0 Å². The van der Waals surface area contributed by atoms with Gasteiger partial charge in [0.1, 0.15) is 5.60 Å². The molecule has 1 heterocycles. The Morgan fingerprint density at radius 1 is 1.00 bits per heavy atom. The lowest BCUT2D eigenvalue weighted by atomic mass is 9.70. The number of fused-ring (bicyclic) bond motifs is 5. The molecule has 1 saturated carbocycles. The second-order valence-electron chi connectivity index (χ2n) is 9.34. The maximum atomic E-state index is 12.0. The molecule has 2 aromatic carbocycles. The molecule has 3 nitrogen and oxygen atoms in total. The molecule has 2 aliphatic carbocycles. The van der Waals surface area contributed by atoms with Gasteiger partial charge in [-0.15, -0.1) is 0 Å². The van der Waals surface area contributed by atoms with E-state index < -0.39 is 5.60 Å². The minimum absolute atomic E-state index is 0.109. The molecule has 28 heavy (non-hydrogen) atoms. The van der Waals surface area contributed by atoms with Gasteiger partial charge in [0, 0.05) is 11.1 Å². The first kappa shape index (κ1) is 17.7. The molecule has 5 rings (SSSR count). The predicted molar refractivity (Wildman–Crippen MR) is 111 cm³/mol. The molecule has 0 spiro atoms. The molecule has 144 valence electrons. The van der Waals surface area contributed by atoms with Crippen molar-refractivity contribution in [3.8, 4) is 0 Å². The van der Waals surface area contributed by atoms with Gasteiger partial charge in [-0.25, -0.2) is 0 Å². The van der Waals surface area contributed by atoms with Crippen molar-refractivity contribution in [3.63, 3.8) is 0 Å². The van der Waals surface area contributed by atoms with Crippen molar-refractivity contribution < 1.29 is 5.11 Å². The van der Waals surface area contributed by atoms with Gasteiger partial charge >= 0.3 is 0 Å². The molecule has 1 aromatic heterocycles. The Labute approximate surface area is 167 Å². The number of benzene rings is 2. The van der Waals surface area contributed by atoms with Crippen LogP contribution < -0.4 is 0 Å². The average Bonchev–Trinajstić information content (AvgIpc) is 3.28. The molecular formula is C25H28N2O. The molecule has 0 amide bonds. The highest BCUT2D eigenvalue weighted by Gasteiger charge is 2.61. The molecule has 2 aliphatic rings. The lowest BCUT2D eigenvalue weighted by molar-refractivity contribution is 0.0540. The van der Waals surface area contributed by atoms with Gasteiger partial charge in [-0.1, -0.05) is 81.4 Å². The van der Waals surface area contributed by atoms with E-state index in [0.29, 0.717) is 12.5 Å². The molecule has 1 fully saturated rings. The van der Waals surface area contributed by atoms with E-state index in [-0.39, 0.29) is 10.8 Å². The fourth-order valence-corrected chi connectivity index (χ4v) is 5.84. The normalized spacial score (nSPS) is 25.1. The van der Waals surface area contributed by atoms with Crippen LogP contribution in [0.3, 0.4) is 0 Å². The SMILES string of the molecule is CC1(C)[C@@H]2CC[C@@]1(C)c1c2cnn1CC(O)(c1ccccc1)c1ccccc1. The van der Waals surface area contributed by atoms with Crippen molar-refractivity contribution >= 4 is 0 Å². The summed E-state index contributed by atoms with van der Waals surface area (Å²) in [6.45, 7) is 7.61. The summed E-state index contributed by atoms with van der Waals surface area (Å²) in [7, 11) is 0. The second-order valence-corrected chi connectivity index (χ2v) is 9.34. The van der Waals surface area contributed by atoms with Crippen molar-refractivity contribution in [2.75, 3.05) is 0 Å². The lowest BCUT2D eigenvalue weighted by Gasteiger charge is -2.37. The third-order valence-electron chi connectivity index (χ3n) is 7.87. The highest BCUT2D eigenvalue weighted by molar-refractivity contribution is 5.45. The molecule has 3 heteroatoms. The zero-order valence-corrected chi connectivity index (χ0v) is 16.9. The third-order valence-corrected chi connectivity index (χ3v) is 7.87. The Kier molecular flexibility index (Phi) is 3.67. The molecular weight excluding hydrogens is 344 g/mol. The van der Waals surface area contributed by atoms with E-state index in [2.05, 4.69) is 31.6 Å². The summed E-state index contributed by atoms with van der Waals surface area (Å²) >= 11 is 0. The maximum Gasteiger partial charge on any atom is 0.134 e. The molecule has 1 N–H and O–H groups in total. The van der Waals surface area contributed by atoms with Gasteiger partial charge in [-0.2, -0.15) is 5.10 Å². The number of aliphatic hydroxyl groups is 1. The zero-order valence-electron chi connectivity index (χ0n) is 16.9. The second kappa shape index (κ2) is 5.81. The van der Waals surface area contributed by atoms with Gasteiger partial charge in [0.2, 0.25) is 0 Å². The van der Waals surface area contributed by atoms with E-state index in [0.717, 1.165) is 11.1 Å². The van der Waals surface area contributed by atoms with E-state index in [1.165, 1.54) is 24.1 Å². The Balaban J connectivity index is 1.64. The molecule has 0 saturated heterocycles. The Morgan fingerprint density at radius 3 is 2.14 bits per heavy atom. The summed E-state index contributed by atoms with van der Waals surface area (Å²) in [4.78, 5) is 0. The largest absolute Gasteiger partial charge is 0.378 e. The first-order chi connectivity index (χ1) is 13.4. The van der Waals surface area contributed by atoms with E-state index in [9.17, 15) is 5.11 Å². The van der Waals surface area contributed by atoms with Crippen LogP contribution in [0.25, 0.3) is 0 Å². The number of aromatic nitrogens is 2. The van der Waals surface area contributed by atoms with Gasteiger partial charge in [0.05, 0.1) is 12.7 Å². The summed E-state index contributed by atoms with van der Waals surface area (Å²) in [6, 6.07) is 20.0. The molecule has 2 atom stereocenters. The number of hydrogen-bond donors (Lipinski definition) is 1. The van der Waals surface area contributed by atoms with Gasteiger partial charge in [-0.05, 0) is 40.9 Å². The van der Waals surface area contributed by atoms with Crippen molar-refractivity contribution in [1.29, 1.82) is 0 Å². The molecule has 0 aliphatic heterocycles. The minimum atomic E-state index is -1.12. The van der Waals surface area contributed by atoms with Crippen molar-refractivity contribution in [2.24, 2.45) is 5.41 Å². The van der Waals surface area contributed by atoms with E-state index in [4.69, 9.17) is 5.10 Å². The highest BCUT2D eigenvalue weighted by atomic mass is 16.3. The van der Waals surface area contributed by atoms with Gasteiger partial charge in [0.25, 0.3) is 0 Å². The Bertz CT molecular complexity index is 966. The van der Waals surface area contributed by atoms with Gasteiger partial charge in [-0.3, -0.25) is 4.68 Å². The number of hydrogen-bond acceptors (Lipinski definition) is 2. The standard InChI is InChI=1S/C25H28N2O/c1-23(2)21-14-15-24(23,3)22-20(21)16-26-27(22)17-25(28,18-10-6-4-7-11-18)19-12-8-5-9-13-19/h4-13,16,21,28H,14-15,17H2,1-3H3/t21-,24+/m1/s1. The summed E-state index contributed by atoms with van der Waals surface area (Å²) in [5, 5.41) is 16.8. The van der Waals surface area contributed by atoms with Crippen LogP contribution in [-0.4, -0.2) is 14.9 Å². The van der Waals surface area contributed by atoms with Crippen LogP contribution in [0.1, 0.15) is 61.9 Å². The Hall–Kier alpha value is -2.39. The van der Waals surface area contributed by atoms with Crippen LogP contribution in [0, 0.1) is 5.41 Å². The fraction of sp³-hybridized carbons (Fsp3) is 0.400. The van der Waals surface area contributed by atoms with E-state index in [1.807, 2.05) is 60.7 Å². The van der Waals surface area contributed by atoms with Crippen LogP contribution in [0.5, 0.6) is 0 Å². The summed E-state index contributed by atoms with van der Waals surface area (Å²) in [5.41, 5.74) is 3.75. The lowest BCUT2D eigenvalue weighted by Crippen LogP contribution is -2.38. The quantitative estimate of drug-likeness (QED) is 0.700. The fourth-order valence-electron chi connectivity index (χ4n) is 5.84. The average molecular weight is 373 g/mol. The summed E-state index contributed by atoms with van der Waals surface area (Å²) in [6.07, 6.45) is 4.49. The molecule has 0 radical (unpaired) electrons. The number of nitrogens with zero attached hydrogens (tertiary/aromatic N) is 2. The van der Waals surface area contributed by atoms with E-state index in [1.54, 1.807) is 0 Å². The summed E-state index contributed by atoms with van der Waals surface area (Å²) in [5.74, 6) is 0.572. The maximum absolute atomic E-state index is 12.0. The van der Waals surface area contributed by atoms with Gasteiger partial charge in [0.15, 0.2) is 0 Å². The van der Waals surface area contributed by atoms with Crippen molar-refractivity contribution in [1.82, 2.24) is 9.78 Å². The summed E-state index contributed by atoms with van der Waals surface area (Å²) < 4.78 is 2.09. The van der Waals surface area contributed by atoms with Crippen LogP contribution >= 0.6 is 0 Å². The van der Waals surface area contributed by atoms with Gasteiger partial charge < -0.3 is 5.11 Å². The van der Waals surface area contributed by atoms with Crippen molar-refractivity contribution in [2.45, 2.75) is 57.1 Å². The predicted octanol–water partition coefficient (Wildman–Crippen LogP) is 4.99. The van der Waals surface area contributed by atoms with Crippen LogP contribution in [0.2, 0.25) is 0 Å². The van der Waals surface area contributed by atoms with Crippen molar-refractivity contribution in [3.05, 3.63) is 89.2 Å². The monoisotopic (exact) mass is 372 g/mol. The first-order valence-electron chi connectivity index (χ1n) is 10.3. The Morgan fingerprint density at radius 2 is 1.57 bits per heavy atom. The topological polar surface area (TPSA) is 38.0 Å². The third kappa shape index (κ3) is 2.17. The molecule has 0 unspecified atom stereocenters. The highest BCUT2D eigenvalue weighted by Crippen LogP contribution is 2.67. The zero-order chi connectivity index (χ0) is 19.6. The molecule has 2 bridgehead atoms. The smallest absolute Gasteiger partial charge is 0.134 e. The van der Waals surface area contributed by atoms with Crippen LogP contribution in [0.4, 0.5) is 0 Å². The minimum Gasteiger partial charge on any atom is -0.378 e. The molecule has 3 aromatic rings. The first-order valence-corrected chi connectivity index (χ1v) is 10.3. The number of rotatable bonds is 4. The van der Waals surface area contributed by atoms with Crippen LogP contribution in [0.15, 0.2) is 66.9 Å². The van der Waals surface area contributed by atoms with Crippen LogP contribution in [-0.2, 0) is 17.6 Å².